The van der Waals surface area contributed by atoms with Crippen LogP contribution in [0, 0.1) is 6.92 Å². The van der Waals surface area contributed by atoms with Crippen LogP contribution in [0.5, 0.6) is 5.75 Å². The first-order valence-corrected chi connectivity index (χ1v) is 12.8. The van der Waals surface area contributed by atoms with Gasteiger partial charge in [-0.3, -0.25) is 9.29 Å². The second-order valence-corrected chi connectivity index (χ2v) is 10.3. The summed E-state index contributed by atoms with van der Waals surface area (Å²) in [4.78, 5) is 13.0. The molecule has 0 fully saturated rings. The van der Waals surface area contributed by atoms with Crippen LogP contribution in [0.25, 0.3) is 11.5 Å². The van der Waals surface area contributed by atoms with Gasteiger partial charge in [0.2, 0.25) is 16.0 Å². The van der Waals surface area contributed by atoms with E-state index in [-0.39, 0.29) is 25.2 Å². The van der Waals surface area contributed by atoms with Crippen LogP contribution >= 0.6 is 0 Å². The molecule has 0 bridgehead atoms. The number of sulfonamides is 1. The summed E-state index contributed by atoms with van der Waals surface area (Å²) in [5, 5.41) is 7.34. The number of rotatable bonds is 10. The maximum absolute atomic E-state index is 13.5. The third kappa shape index (κ3) is 5.26. The summed E-state index contributed by atoms with van der Waals surface area (Å²) in [6.07, 6.45) is 4.72. The third-order valence-electron chi connectivity index (χ3n) is 5.54. The number of pyridine rings is 1. The quantitative estimate of drug-likeness (QED) is 0.438. The minimum absolute atomic E-state index is 0.0371. The summed E-state index contributed by atoms with van der Waals surface area (Å²) < 4.78 is 48.4. The summed E-state index contributed by atoms with van der Waals surface area (Å²) in [5.41, 5.74) is 1.33. The van der Waals surface area contributed by atoms with Gasteiger partial charge in [-0.15, -0.1) is 10.2 Å². The number of hydrogen-bond acceptors (Lipinski definition) is 10. The van der Waals surface area contributed by atoms with E-state index >= 15 is 0 Å². The maximum Gasteiger partial charge on any atom is 0.240 e. The zero-order valence-corrected chi connectivity index (χ0v) is 20.9. The predicted octanol–water partition coefficient (Wildman–Crippen LogP) is 2.32. The van der Waals surface area contributed by atoms with Crippen molar-refractivity contribution in [1.29, 1.82) is 0 Å². The lowest BCUT2D eigenvalue weighted by molar-refractivity contribution is 0.0466. The molecule has 0 saturated carbocycles. The van der Waals surface area contributed by atoms with Crippen LogP contribution in [0.1, 0.15) is 43.8 Å². The van der Waals surface area contributed by atoms with Gasteiger partial charge < -0.3 is 14.2 Å². The van der Waals surface area contributed by atoms with Crippen molar-refractivity contribution in [3.05, 3.63) is 42.1 Å². The van der Waals surface area contributed by atoms with Crippen LogP contribution in [-0.2, 0) is 19.5 Å². The molecule has 1 N–H and O–H groups in total. The Labute approximate surface area is 204 Å². The van der Waals surface area contributed by atoms with Gasteiger partial charge in [-0.05, 0) is 38.0 Å². The first-order chi connectivity index (χ1) is 16.9. The highest BCUT2D eigenvalue weighted by Gasteiger charge is 2.36. The van der Waals surface area contributed by atoms with Crippen LogP contribution < -0.4 is 9.46 Å². The Hall–Kier alpha value is -3.16. The highest BCUT2D eigenvalue weighted by Crippen LogP contribution is 2.35. The van der Waals surface area contributed by atoms with Crippen molar-refractivity contribution in [2.45, 2.75) is 44.6 Å². The number of anilines is 1. The third-order valence-corrected chi connectivity index (χ3v) is 7.23. The lowest BCUT2D eigenvalue weighted by Crippen LogP contribution is -2.35. The molecule has 3 aromatic heterocycles. The molecule has 0 aliphatic carbocycles. The van der Waals surface area contributed by atoms with Crippen molar-refractivity contribution in [1.82, 2.24) is 29.7 Å². The molecule has 0 saturated heterocycles. The van der Waals surface area contributed by atoms with Gasteiger partial charge in [0, 0.05) is 32.3 Å². The largest absolute Gasteiger partial charge is 0.489 e. The predicted molar refractivity (Wildman–Crippen MR) is 127 cm³/mol. The van der Waals surface area contributed by atoms with E-state index in [0.717, 1.165) is 5.56 Å². The van der Waals surface area contributed by atoms with Crippen LogP contribution in [0.3, 0.4) is 0 Å². The molecular weight excluding hydrogens is 474 g/mol. The molecular formula is C22H29N7O5S. The minimum atomic E-state index is -4.01. The first kappa shape index (κ1) is 24.9. The van der Waals surface area contributed by atoms with Gasteiger partial charge in [0.15, 0.2) is 11.6 Å². The number of ether oxygens (including phenoxy) is 3. The fourth-order valence-corrected chi connectivity index (χ4v) is 4.82. The van der Waals surface area contributed by atoms with Crippen LogP contribution in [0.2, 0.25) is 0 Å². The van der Waals surface area contributed by atoms with E-state index in [0.29, 0.717) is 36.1 Å². The number of nitrogens with zero attached hydrogens (tertiary/aromatic N) is 6. The molecule has 3 atom stereocenters. The van der Waals surface area contributed by atoms with Crippen LogP contribution in [-0.4, -0.2) is 70.3 Å². The van der Waals surface area contributed by atoms with E-state index in [9.17, 15) is 8.42 Å². The van der Waals surface area contributed by atoms with Gasteiger partial charge >= 0.3 is 0 Å². The van der Waals surface area contributed by atoms with Gasteiger partial charge in [0.05, 0.1) is 12.6 Å². The molecule has 0 radical (unpaired) electrons. The molecule has 1 aliphatic rings. The normalized spacial score (nSPS) is 17.0. The molecule has 4 heterocycles. The number of hydrogen-bond donors (Lipinski definition) is 1. The molecule has 0 amide bonds. The van der Waals surface area contributed by atoms with E-state index in [1.807, 2.05) is 13.8 Å². The van der Waals surface area contributed by atoms with Crippen LogP contribution in [0.4, 0.5) is 5.95 Å². The SMILES string of the molecule is CCCO[C@@H](c1ncc(C)cn1)[C@H](C)S(=O)(=O)Nc1nnc2n1[C@H](COC)COc1cccnc1-2. The molecule has 188 valence electrons. The molecule has 0 spiro atoms. The van der Waals surface area contributed by atoms with Crippen LogP contribution in [0.15, 0.2) is 30.7 Å². The summed E-state index contributed by atoms with van der Waals surface area (Å²) in [6, 6.07) is 3.14. The Kier molecular flexibility index (Phi) is 7.57. The second-order valence-electron chi connectivity index (χ2n) is 8.25. The van der Waals surface area contributed by atoms with E-state index in [4.69, 9.17) is 14.2 Å². The maximum atomic E-state index is 13.5. The molecule has 35 heavy (non-hydrogen) atoms. The highest BCUT2D eigenvalue weighted by molar-refractivity contribution is 7.93. The second kappa shape index (κ2) is 10.6. The van der Waals surface area contributed by atoms with Crippen molar-refractivity contribution in [3.63, 3.8) is 0 Å². The van der Waals surface area contributed by atoms with E-state index in [2.05, 4.69) is 29.9 Å². The average Bonchev–Trinajstić information content (AvgIpc) is 3.18. The van der Waals surface area contributed by atoms with Crippen molar-refractivity contribution in [2.75, 3.05) is 31.7 Å². The molecule has 0 aromatic carbocycles. The van der Waals surface area contributed by atoms with Crippen molar-refractivity contribution < 1.29 is 22.6 Å². The molecule has 0 unspecified atom stereocenters. The standard InChI is InChI=1S/C22H29N7O5S/c1-5-9-33-19(20-24-10-14(2)11-25-20)15(3)35(30,31)28-22-27-26-21-18-17(7-6-8-23-18)34-13-16(12-32-4)29(21)22/h6-8,10-11,15-16,19H,5,9,12-13H2,1-4H3,(H,27,28)/t15-,16+,19+/m0/s1. The molecule has 12 nitrogen and oxygen atoms in total. The molecule has 13 heteroatoms. The summed E-state index contributed by atoms with van der Waals surface area (Å²) in [6.45, 7) is 6.19. The number of aryl methyl sites for hydroxylation is 1. The lowest BCUT2D eigenvalue weighted by Gasteiger charge is -2.24. The molecule has 3 aromatic rings. The Morgan fingerprint density at radius 2 is 2.03 bits per heavy atom. The summed E-state index contributed by atoms with van der Waals surface area (Å²) >= 11 is 0. The number of nitrogens with one attached hydrogen (secondary N) is 1. The van der Waals surface area contributed by atoms with Gasteiger partial charge in [-0.25, -0.2) is 23.4 Å². The Morgan fingerprint density at radius 1 is 1.26 bits per heavy atom. The number of aromatic nitrogens is 6. The number of fused-ring (bicyclic) bond motifs is 3. The monoisotopic (exact) mass is 503 g/mol. The Balaban J connectivity index is 1.69. The summed E-state index contributed by atoms with van der Waals surface area (Å²) in [5.74, 6) is 1.25. The lowest BCUT2D eigenvalue weighted by atomic mass is 10.2. The van der Waals surface area contributed by atoms with Crippen molar-refractivity contribution >= 4 is 16.0 Å². The Morgan fingerprint density at radius 3 is 2.74 bits per heavy atom. The van der Waals surface area contributed by atoms with Crippen molar-refractivity contribution in [2.24, 2.45) is 0 Å². The van der Waals surface area contributed by atoms with E-state index in [1.165, 1.54) is 0 Å². The number of methoxy groups -OCH3 is 1. The smallest absolute Gasteiger partial charge is 0.240 e. The van der Waals surface area contributed by atoms with Gasteiger partial charge in [-0.1, -0.05) is 6.92 Å². The Bertz CT molecular complexity index is 1250. The van der Waals surface area contributed by atoms with Gasteiger partial charge in [-0.2, -0.15) is 0 Å². The van der Waals surface area contributed by atoms with E-state index in [1.54, 1.807) is 49.3 Å². The average molecular weight is 504 g/mol. The topological polar surface area (TPSA) is 143 Å². The minimum Gasteiger partial charge on any atom is -0.489 e. The molecule has 1 aliphatic heterocycles. The van der Waals surface area contributed by atoms with Crippen molar-refractivity contribution in [3.8, 4) is 17.3 Å². The first-order valence-electron chi connectivity index (χ1n) is 11.3. The van der Waals surface area contributed by atoms with Gasteiger partial charge in [0.1, 0.15) is 29.4 Å². The van der Waals surface area contributed by atoms with Gasteiger partial charge in [0.25, 0.3) is 0 Å². The highest BCUT2D eigenvalue weighted by atomic mass is 32.2. The zero-order chi connectivity index (χ0) is 25.0. The fourth-order valence-electron chi connectivity index (χ4n) is 3.72. The zero-order valence-electron chi connectivity index (χ0n) is 20.1. The van der Waals surface area contributed by atoms with E-state index < -0.39 is 21.4 Å². The fraction of sp³-hybridized carbons (Fsp3) is 0.500. The molecule has 4 rings (SSSR count). The summed E-state index contributed by atoms with van der Waals surface area (Å²) in [7, 11) is -2.45.